The Morgan fingerprint density at radius 2 is 1.95 bits per heavy atom. The fourth-order valence-electron chi connectivity index (χ4n) is 2.04. The van der Waals surface area contributed by atoms with E-state index in [0.717, 1.165) is 15.7 Å². The first-order chi connectivity index (χ1) is 9.99. The third kappa shape index (κ3) is 3.76. The third-order valence-electron chi connectivity index (χ3n) is 3.14. The lowest BCUT2D eigenvalue weighted by molar-refractivity contribution is 0.0951. The van der Waals surface area contributed by atoms with Gasteiger partial charge in [-0.15, -0.1) is 0 Å². The number of nitrogens with two attached hydrogens (primary N) is 1. The SMILES string of the molecule is CN(C)c1ccc(N)cc1C(=O)NCc1ccccc1Br. The molecule has 2 rings (SSSR count). The van der Waals surface area contributed by atoms with Crippen LogP contribution in [-0.2, 0) is 6.54 Å². The molecule has 2 aromatic carbocycles. The Balaban J connectivity index is 2.17. The van der Waals surface area contributed by atoms with Crippen molar-refractivity contribution in [3.8, 4) is 0 Å². The zero-order chi connectivity index (χ0) is 15.4. The molecular formula is C16H18BrN3O. The molecule has 3 N–H and O–H groups in total. The minimum Gasteiger partial charge on any atom is -0.399 e. The third-order valence-corrected chi connectivity index (χ3v) is 3.92. The van der Waals surface area contributed by atoms with E-state index in [1.807, 2.05) is 49.3 Å². The number of carbonyl (C=O) groups excluding carboxylic acids is 1. The average molecular weight is 348 g/mol. The van der Waals surface area contributed by atoms with Crippen LogP contribution < -0.4 is 16.0 Å². The summed E-state index contributed by atoms with van der Waals surface area (Å²) in [6.07, 6.45) is 0. The second kappa shape index (κ2) is 6.63. The first-order valence-electron chi connectivity index (χ1n) is 6.57. The number of nitrogens with zero attached hydrogens (tertiary/aromatic N) is 1. The predicted octanol–water partition coefficient (Wildman–Crippen LogP) is 3.03. The van der Waals surface area contributed by atoms with Crippen LogP contribution in [0.3, 0.4) is 0 Å². The lowest BCUT2D eigenvalue weighted by Gasteiger charge is -2.17. The van der Waals surface area contributed by atoms with Crippen LogP contribution in [0.2, 0.25) is 0 Å². The molecule has 0 unspecified atom stereocenters. The van der Waals surface area contributed by atoms with E-state index in [-0.39, 0.29) is 5.91 Å². The summed E-state index contributed by atoms with van der Waals surface area (Å²) in [7, 11) is 3.80. The summed E-state index contributed by atoms with van der Waals surface area (Å²) >= 11 is 3.47. The van der Waals surface area contributed by atoms with E-state index < -0.39 is 0 Å². The van der Waals surface area contributed by atoms with Crippen molar-refractivity contribution in [3.05, 3.63) is 58.1 Å². The first kappa shape index (κ1) is 15.4. The van der Waals surface area contributed by atoms with Crippen molar-refractivity contribution in [2.24, 2.45) is 0 Å². The van der Waals surface area contributed by atoms with Crippen molar-refractivity contribution < 1.29 is 4.79 Å². The van der Waals surface area contributed by atoms with Crippen LogP contribution in [0.1, 0.15) is 15.9 Å². The van der Waals surface area contributed by atoms with Gasteiger partial charge in [0.2, 0.25) is 0 Å². The summed E-state index contributed by atoms with van der Waals surface area (Å²) in [4.78, 5) is 14.3. The summed E-state index contributed by atoms with van der Waals surface area (Å²) < 4.78 is 0.978. The normalized spacial score (nSPS) is 10.2. The van der Waals surface area contributed by atoms with Gasteiger partial charge in [0, 0.05) is 36.5 Å². The summed E-state index contributed by atoms with van der Waals surface area (Å²) in [5.74, 6) is -0.137. The van der Waals surface area contributed by atoms with Crippen LogP contribution >= 0.6 is 15.9 Å². The van der Waals surface area contributed by atoms with Gasteiger partial charge < -0.3 is 16.0 Å². The van der Waals surface area contributed by atoms with E-state index in [1.54, 1.807) is 12.1 Å². The molecule has 0 aliphatic carbocycles. The Morgan fingerprint density at radius 1 is 1.24 bits per heavy atom. The number of benzene rings is 2. The zero-order valence-corrected chi connectivity index (χ0v) is 13.6. The van der Waals surface area contributed by atoms with E-state index >= 15 is 0 Å². The highest BCUT2D eigenvalue weighted by molar-refractivity contribution is 9.10. The molecule has 0 radical (unpaired) electrons. The maximum atomic E-state index is 12.4. The molecule has 1 amide bonds. The molecule has 21 heavy (non-hydrogen) atoms. The zero-order valence-electron chi connectivity index (χ0n) is 12.1. The molecule has 0 heterocycles. The van der Waals surface area contributed by atoms with Crippen molar-refractivity contribution in [2.75, 3.05) is 24.7 Å². The minimum atomic E-state index is -0.137. The van der Waals surface area contributed by atoms with E-state index in [1.165, 1.54) is 0 Å². The first-order valence-corrected chi connectivity index (χ1v) is 7.37. The minimum absolute atomic E-state index is 0.137. The summed E-state index contributed by atoms with van der Waals surface area (Å²) in [5, 5.41) is 2.93. The van der Waals surface area contributed by atoms with Crippen LogP contribution in [0.4, 0.5) is 11.4 Å². The Kier molecular flexibility index (Phi) is 4.85. The van der Waals surface area contributed by atoms with Gasteiger partial charge in [-0.05, 0) is 29.8 Å². The highest BCUT2D eigenvalue weighted by Crippen LogP contribution is 2.22. The van der Waals surface area contributed by atoms with Crippen molar-refractivity contribution in [1.82, 2.24) is 5.32 Å². The number of nitrogen functional groups attached to an aromatic ring is 1. The smallest absolute Gasteiger partial charge is 0.253 e. The number of halogens is 1. The van der Waals surface area contributed by atoms with Gasteiger partial charge in [-0.25, -0.2) is 0 Å². The van der Waals surface area contributed by atoms with Crippen molar-refractivity contribution in [2.45, 2.75) is 6.54 Å². The van der Waals surface area contributed by atoms with Crippen molar-refractivity contribution >= 4 is 33.2 Å². The van der Waals surface area contributed by atoms with Crippen LogP contribution in [0.25, 0.3) is 0 Å². The van der Waals surface area contributed by atoms with E-state index in [0.29, 0.717) is 17.8 Å². The van der Waals surface area contributed by atoms with E-state index in [4.69, 9.17) is 5.73 Å². The number of hydrogen-bond acceptors (Lipinski definition) is 3. The number of hydrogen-bond donors (Lipinski definition) is 2. The lowest BCUT2D eigenvalue weighted by atomic mass is 10.1. The molecule has 0 spiro atoms. The second-order valence-corrected chi connectivity index (χ2v) is 5.80. The van der Waals surface area contributed by atoms with Crippen LogP contribution in [-0.4, -0.2) is 20.0 Å². The van der Waals surface area contributed by atoms with Crippen LogP contribution in [0.15, 0.2) is 46.9 Å². The molecule has 5 heteroatoms. The number of anilines is 2. The maximum absolute atomic E-state index is 12.4. The van der Waals surface area contributed by atoms with Gasteiger partial charge in [0.1, 0.15) is 0 Å². The topological polar surface area (TPSA) is 58.4 Å². The number of amides is 1. The van der Waals surface area contributed by atoms with Gasteiger partial charge in [0.05, 0.1) is 5.56 Å². The molecule has 0 fully saturated rings. The molecule has 4 nitrogen and oxygen atoms in total. The van der Waals surface area contributed by atoms with Gasteiger partial charge in [0.25, 0.3) is 5.91 Å². The monoisotopic (exact) mass is 347 g/mol. The molecule has 0 saturated heterocycles. The van der Waals surface area contributed by atoms with Crippen LogP contribution in [0.5, 0.6) is 0 Å². The Labute approximate surface area is 133 Å². The largest absolute Gasteiger partial charge is 0.399 e. The Morgan fingerprint density at radius 3 is 2.62 bits per heavy atom. The molecule has 0 aliphatic rings. The number of rotatable bonds is 4. The number of nitrogens with one attached hydrogen (secondary N) is 1. The summed E-state index contributed by atoms with van der Waals surface area (Å²) in [6, 6.07) is 13.1. The van der Waals surface area contributed by atoms with Crippen molar-refractivity contribution in [1.29, 1.82) is 0 Å². The molecule has 110 valence electrons. The molecule has 2 aromatic rings. The lowest BCUT2D eigenvalue weighted by Crippen LogP contribution is -2.25. The van der Waals surface area contributed by atoms with Gasteiger partial charge in [-0.3, -0.25) is 4.79 Å². The highest BCUT2D eigenvalue weighted by Gasteiger charge is 2.13. The highest BCUT2D eigenvalue weighted by atomic mass is 79.9. The molecule has 0 atom stereocenters. The quantitative estimate of drug-likeness (QED) is 0.835. The predicted molar refractivity (Wildman–Crippen MR) is 90.5 cm³/mol. The average Bonchev–Trinajstić information content (AvgIpc) is 2.45. The van der Waals surface area contributed by atoms with Crippen molar-refractivity contribution in [3.63, 3.8) is 0 Å². The molecule has 0 aromatic heterocycles. The van der Waals surface area contributed by atoms with E-state index in [9.17, 15) is 4.79 Å². The Bertz CT molecular complexity index is 656. The Hall–Kier alpha value is -2.01. The van der Waals surface area contributed by atoms with Crippen LogP contribution in [0, 0.1) is 0 Å². The molecular weight excluding hydrogens is 330 g/mol. The van der Waals surface area contributed by atoms with E-state index in [2.05, 4.69) is 21.2 Å². The van der Waals surface area contributed by atoms with Gasteiger partial charge in [-0.2, -0.15) is 0 Å². The fraction of sp³-hybridized carbons (Fsp3) is 0.188. The summed E-state index contributed by atoms with van der Waals surface area (Å²) in [5.41, 5.74) is 8.81. The van der Waals surface area contributed by atoms with Gasteiger partial charge in [0.15, 0.2) is 0 Å². The molecule has 0 aliphatic heterocycles. The maximum Gasteiger partial charge on any atom is 0.253 e. The second-order valence-electron chi connectivity index (χ2n) is 4.95. The van der Waals surface area contributed by atoms with Gasteiger partial charge in [-0.1, -0.05) is 34.1 Å². The summed E-state index contributed by atoms with van der Waals surface area (Å²) in [6.45, 7) is 0.460. The van der Waals surface area contributed by atoms with Gasteiger partial charge >= 0.3 is 0 Å². The molecule has 0 bridgehead atoms. The molecule has 0 saturated carbocycles. The standard InChI is InChI=1S/C16H18BrN3O/c1-20(2)15-8-7-12(18)9-13(15)16(21)19-10-11-5-3-4-6-14(11)17/h3-9H,10,18H2,1-2H3,(H,19,21). The fourth-order valence-corrected chi connectivity index (χ4v) is 2.46. The number of carbonyl (C=O) groups is 1.